The highest BCUT2D eigenvalue weighted by Crippen LogP contribution is 2.44. The minimum Gasteiger partial charge on any atom is -0.480 e. The first-order chi connectivity index (χ1) is 21.0. The fourth-order valence-electron chi connectivity index (χ4n) is 4.24. The Morgan fingerprint density at radius 1 is 1.00 bits per heavy atom. The van der Waals surface area contributed by atoms with E-state index in [2.05, 4.69) is 15.5 Å². The Kier molecular flexibility index (Phi) is 10.1. The third-order valence-corrected chi connectivity index (χ3v) is 7.54. The predicted molar refractivity (Wildman–Crippen MR) is 160 cm³/mol. The van der Waals surface area contributed by atoms with Crippen molar-refractivity contribution in [2.75, 3.05) is 38.0 Å². The van der Waals surface area contributed by atoms with Crippen molar-refractivity contribution in [2.45, 2.75) is 20.0 Å². The largest absolute Gasteiger partial charge is 0.480 e. The number of thiophene rings is 1. The molecular formula is C29H28F2N6O6S. The van der Waals surface area contributed by atoms with Gasteiger partial charge in [-0.25, -0.2) is 18.4 Å². The fourth-order valence-corrected chi connectivity index (χ4v) is 5.54. The second-order valence-electron chi connectivity index (χ2n) is 9.53. The molecular weight excluding hydrogens is 598 g/mol. The number of ether oxygens (including phenoxy) is 2. The molecule has 230 valence electrons. The zero-order valence-corrected chi connectivity index (χ0v) is 25.0. The van der Waals surface area contributed by atoms with Gasteiger partial charge in [-0.3, -0.25) is 20.3 Å². The van der Waals surface area contributed by atoms with Crippen LogP contribution in [0.5, 0.6) is 5.88 Å². The Bertz CT molecular complexity index is 1640. The van der Waals surface area contributed by atoms with Crippen LogP contribution in [0.4, 0.5) is 30.1 Å². The standard InChI is InChI=1S/C29H28F2N6O6S/c1-5-43-28(38)25-20(15-35(2)3)26(17-9-11-18(12-10-17)37(40)41)44-27(25)36(16-19-21(30)7-6-8-22(19)31)29(39)32-23-13-14-24(42-4)34-33-23/h6-14H,5,15-16H2,1-4H3,(H,32,33,39). The number of aromatic nitrogens is 2. The lowest BCUT2D eigenvalue weighted by atomic mass is 10.0. The average Bonchev–Trinajstić information content (AvgIpc) is 3.35. The summed E-state index contributed by atoms with van der Waals surface area (Å²) in [6.07, 6.45) is 0. The van der Waals surface area contributed by atoms with E-state index in [4.69, 9.17) is 9.47 Å². The van der Waals surface area contributed by atoms with E-state index in [9.17, 15) is 28.5 Å². The van der Waals surface area contributed by atoms with Crippen molar-refractivity contribution in [2.24, 2.45) is 0 Å². The topological polar surface area (TPSA) is 140 Å². The Balaban J connectivity index is 1.94. The average molecular weight is 627 g/mol. The third kappa shape index (κ3) is 7.12. The van der Waals surface area contributed by atoms with Crippen LogP contribution in [0.3, 0.4) is 0 Å². The summed E-state index contributed by atoms with van der Waals surface area (Å²) in [7, 11) is 4.94. The summed E-state index contributed by atoms with van der Waals surface area (Å²) >= 11 is 1.00. The normalized spacial score (nSPS) is 10.9. The number of urea groups is 1. The summed E-state index contributed by atoms with van der Waals surface area (Å²) in [4.78, 5) is 41.5. The first-order valence-corrected chi connectivity index (χ1v) is 14.0. The van der Waals surface area contributed by atoms with E-state index in [1.54, 1.807) is 25.9 Å². The minimum absolute atomic E-state index is 0.00613. The zero-order valence-electron chi connectivity index (χ0n) is 24.2. The lowest BCUT2D eigenvalue weighted by molar-refractivity contribution is -0.384. The molecule has 12 nitrogen and oxygen atoms in total. The number of rotatable bonds is 11. The highest BCUT2D eigenvalue weighted by molar-refractivity contribution is 7.20. The molecule has 0 aliphatic rings. The van der Waals surface area contributed by atoms with Crippen molar-refractivity contribution in [1.29, 1.82) is 0 Å². The predicted octanol–water partition coefficient (Wildman–Crippen LogP) is 5.88. The summed E-state index contributed by atoms with van der Waals surface area (Å²) in [5.74, 6) is -2.36. The van der Waals surface area contributed by atoms with Crippen LogP contribution < -0.4 is 15.0 Å². The van der Waals surface area contributed by atoms with Gasteiger partial charge in [0.05, 0.1) is 30.7 Å². The molecule has 0 unspecified atom stereocenters. The number of carbonyl (C=O) groups excluding carboxylic acids is 2. The number of benzene rings is 2. The molecule has 44 heavy (non-hydrogen) atoms. The maximum absolute atomic E-state index is 14.9. The Morgan fingerprint density at radius 3 is 2.23 bits per heavy atom. The molecule has 0 fully saturated rings. The van der Waals surface area contributed by atoms with Crippen molar-refractivity contribution in [3.8, 4) is 16.3 Å². The molecule has 2 aromatic carbocycles. The molecule has 0 spiro atoms. The van der Waals surface area contributed by atoms with Crippen molar-refractivity contribution < 1.29 is 32.8 Å². The number of nitro benzene ring substituents is 1. The lowest BCUT2D eigenvalue weighted by Gasteiger charge is -2.23. The molecule has 2 aromatic heterocycles. The van der Waals surface area contributed by atoms with Gasteiger partial charge in [-0.15, -0.1) is 21.5 Å². The van der Waals surface area contributed by atoms with Crippen molar-refractivity contribution in [3.63, 3.8) is 0 Å². The van der Waals surface area contributed by atoms with Gasteiger partial charge in [0.2, 0.25) is 5.88 Å². The number of non-ortho nitro benzene ring substituents is 1. The second-order valence-corrected chi connectivity index (χ2v) is 10.5. The molecule has 0 atom stereocenters. The Morgan fingerprint density at radius 2 is 1.68 bits per heavy atom. The quantitative estimate of drug-likeness (QED) is 0.123. The Hall–Kier alpha value is -5.02. The molecule has 0 radical (unpaired) electrons. The van der Waals surface area contributed by atoms with Crippen LogP contribution in [0.15, 0.2) is 54.6 Å². The molecule has 0 bridgehead atoms. The number of hydrogen-bond donors (Lipinski definition) is 1. The zero-order chi connectivity index (χ0) is 32.0. The van der Waals surface area contributed by atoms with Crippen LogP contribution in [0.2, 0.25) is 0 Å². The highest BCUT2D eigenvalue weighted by Gasteiger charge is 2.33. The molecule has 15 heteroatoms. The van der Waals surface area contributed by atoms with Crippen LogP contribution in [-0.4, -0.2) is 59.8 Å². The maximum Gasteiger partial charge on any atom is 0.341 e. The van der Waals surface area contributed by atoms with E-state index in [0.717, 1.165) is 28.4 Å². The van der Waals surface area contributed by atoms with Gasteiger partial charge >= 0.3 is 12.0 Å². The number of nitrogens with one attached hydrogen (secondary N) is 1. The molecule has 2 heterocycles. The van der Waals surface area contributed by atoms with Crippen LogP contribution in [-0.2, 0) is 17.8 Å². The number of hydrogen-bond acceptors (Lipinski definition) is 10. The van der Waals surface area contributed by atoms with E-state index in [0.29, 0.717) is 16.0 Å². The molecule has 0 aliphatic heterocycles. The molecule has 0 aliphatic carbocycles. The van der Waals surface area contributed by atoms with E-state index in [-0.39, 0.29) is 41.1 Å². The van der Waals surface area contributed by atoms with Gasteiger partial charge in [0.25, 0.3) is 5.69 Å². The van der Waals surface area contributed by atoms with Gasteiger partial charge in [0.1, 0.15) is 16.6 Å². The first kappa shape index (κ1) is 31.9. The van der Waals surface area contributed by atoms with Gasteiger partial charge in [0.15, 0.2) is 5.82 Å². The first-order valence-electron chi connectivity index (χ1n) is 13.1. The number of anilines is 2. The Labute approximate surface area is 255 Å². The smallest absolute Gasteiger partial charge is 0.341 e. The summed E-state index contributed by atoms with van der Waals surface area (Å²) in [6, 6.07) is 11.0. The third-order valence-electron chi connectivity index (χ3n) is 6.24. The van der Waals surface area contributed by atoms with Crippen molar-refractivity contribution in [3.05, 3.63) is 93.0 Å². The van der Waals surface area contributed by atoms with Crippen LogP contribution >= 0.6 is 11.3 Å². The summed E-state index contributed by atoms with van der Waals surface area (Å²) in [5.41, 5.74) is 0.428. The number of carbonyl (C=O) groups is 2. The van der Waals surface area contributed by atoms with Crippen LogP contribution in [0, 0.1) is 21.7 Å². The van der Waals surface area contributed by atoms with Gasteiger partial charge in [-0.1, -0.05) is 6.07 Å². The van der Waals surface area contributed by atoms with Crippen LogP contribution in [0.1, 0.15) is 28.4 Å². The summed E-state index contributed by atoms with van der Waals surface area (Å²) in [6.45, 7) is 1.22. The molecule has 0 saturated carbocycles. The maximum atomic E-state index is 14.9. The van der Waals surface area contributed by atoms with Crippen molar-refractivity contribution in [1.82, 2.24) is 15.1 Å². The lowest BCUT2D eigenvalue weighted by Crippen LogP contribution is -2.36. The highest BCUT2D eigenvalue weighted by atomic mass is 32.1. The van der Waals surface area contributed by atoms with Crippen LogP contribution in [0.25, 0.3) is 10.4 Å². The van der Waals surface area contributed by atoms with E-state index in [1.165, 1.54) is 49.6 Å². The number of nitro groups is 1. The van der Waals surface area contributed by atoms with Gasteiger partial charge < -0.3 is 14.4 Å². The number of nitrogens with zero attached hydrogens (tertiary/aromatic N) is 5. The SMILES string of the molecule is CCOC(=O)c1c(N(Cc2c(F)cccc2F)C(=O)Nc2ccc(OC)nn2)sc(-c2ccc([N+](=O)[O-])cc2)c1CN(C)C. The van der Waals surface area contributed by atoms with E-state index in [1.807, 2.05) is 0 Å². The molecule has 1 N–H and O–H groups in total. The van der Waals surface area contributed by atoms with Gasteiger partial charge in [-0.2, -0.15) is 0 Å². The minimum atomic E-state index is -0.898. The van der Waals surface area contributed by atoms with Gasteiger partial charge in [0, 0.05) is 40.7 Å². The number of amides is 2. The molecule has 4 rings (SSSR count). The number of methoxy groups -OCH3 is 1. The van der Waals surface area contributed by atoms with Crippen molar-refractivity contribution >= 4 is 39.8 Å². The summed E-state index contributed by atoms with van der Waals surface area (Å²) < 4.78 is 40.2. The molecule has 2 amide bonds. The number of halogens is 2. The molecule has 4 aromatic rings. The number of esters is 1. The summed E-state index contributed by atoms with van der Waals surface area (Å²) in [5, 5.41) is 21.6. The van der Waals surface area contributed by atoms with E-state index < -0.39 is 40.7 Å². The van der Waals surface area contributed by atoms with Gasteiger partial charge in [-0.05, 0) is 56.9 Å². The molecule has 0 saturated heterocycles. The second kappa shape index (κ2) is 14.0. The van der Waals surface area contributed by atoms with E-state index >= 15 is 0 Å². The fraction of sp³-hybridized carbons (Fsp3) is 0.241. The monoisotopic (exact) mass is 626 g/mol.